The highest BCUT2D eigenvalue weighted by atomic mass is 19.4. The molecule has 0 aliphatic heterocycles. The van der Waals surface area contributed by atoms with Gasteiger partial charge >= 0.3 is 12.3 Å². The second-order valence-electron chi connectivity index (χ2n) is 6.36. The first-order chi connectivity index (χ1) is 11.0. The lowest BCUT2D eigenvalue weighted by Gasteiger charge is -2.32. The van der Waals surface area contributed by atoms with Crippen LogP contribution in [0.2, 0.25) is 0 Å². The van der Waals surface area contributed by atoms with Crippen LogP contribution in [0.5, 0.6) is 0 Å². The predicted octanol–water partition coefficient (Wildman–Crippen LogP) is 4.37. The molecule has 2 rings (SSSR count). The lowest BCUT2D eigenvalue weighted by Crippen LogP contribution is -2.44. The van der Waals surface area contributed by atoms with Crippen molar-refractivity contribution in [1.29, 1.82) is 0 Å². The number of aromatic amines is 1. The Kier molecular flexibility index (Phi) is 4.59. The van der Waals surface area contributed by atoms with E-state index in [2.05, 4.69) is 9.97 Å². The molecule has 0 atom stereocenters. The van der Waals surface area contributed by atoms with Crippen LogP contribution >= 0.6 is 0 Å². The van der Waals surface area contributed by atoms with Crippen molar-refractivity contribution in [3.8, 4) is 11.3 Å². The van der Waals surface area contributed by atoms with Crippen molar-refractivity contribution in [1.82, 2.24) is 14.9 Å². The fourth-order valence-electron chi connectivity index (χ4n) is 2.17. The van der Waals surface area contributed by atoms with Crippen molar-refractivity contribution >= 4 is 6.09 Å². The van der Waals surface area contributed by atoms with Gasteiger partial charge in [0.15, 0.2) is 0 Å². The summed E-state index contributed by atoms with van der Waals surface area (Å²) in [6.07, 6.45) is -3.98. The van der Waals surface area contributed by atoms with Crippen molar-refractivity contribution in [3.63, 3.8) is 0 Å². The molecule has 130 valence electrons. The van der Waals surface area contributed by atoms with Gasteiger partial charge in [0, 0.05) is 5.54 Å². The summed E-state index contributed by atoms with van der Waals surface area (Å²) in [5, 5.41) is 9.28. The van der Waals surface area contributed by atoms with Crippen LogP contribution in [0.3, 0.4) is 0 Å². The zero-order chi connectivity index (χ0) is 18.1. The average molecular weight is 341 g/mol. The van der Waals surface area contributed by atoms with Crippen molar-refractivity contribution in [2.75, 3.05) is 0 Å². The first kappa shape index (κ1) is 17.8. The average Bonchev–Trinajstić information content (AvgIpc) is 2.91. The van der Waals surface area contributed by atoms with Crippen LogP contribution < -0.4 is 0 Å². The highest BCUT2D eigenvalue weighted by molar-refractivity contribution is 5.66. The van der Waals surface area contributed by atoms with Crippen LogP contribution in [0.25, 0.3) is 11.3 Å². The zero-order valence-corrected chi connectivity index (χ0v) is 13.5. The second-order valence-corrected chi connectivity index (χ2v) is 6.36. The molecule has 0 aliphatic rings. The Balaban J connectivity index is 2.20. The lowest BCUT2D eigenvalue weighted by atomic mass is 10.1. The molecule has 5 nitrogen and oxygen atoms in total. The third kappa shape index (κ3) is 4.06. The fraction of sp³-hybridized carbons (Fsp3) is 0.375. The van der Waals surface area contributed by atoms with E-state index >= 15 is 0 Å². The Morgan fingerprint density at radius 2 is 1.79 bits per heavy atom. The number of hydrogen-bond donors (Lipinski definition) is 2. The van der Waals surface area contributed by atoms with Gasteiger partial charge in [0.1, 0.15) is 5.82 Å². The van der Waals surface area contributed by atoms with Gasteiger partial charge in [-0.3, -0.25) is 4.90 Å². The monoisotopic (exact) mass is 341 g/mol. The minimum absolute atomic E-state index is 0.0550. The number of alkyl halides is 3. The van der Waals surface area contributed by atoms with Gasteiger partial charge in [-0.1, -0.05) is 12.1 Å². The minimum Gasteiger partial charge on any atom is -0.465 e. The van der Waals surface area contributed by atoms with Crippen LogP contribution in [0.15, 0.2) is 30.5 Å². The molecule has 0 saturated carbocycles. The summed E-state index contributed by atoms with van der Waals surface area (Å²) >= 11 is 0. The summed E-state index contributed by atoms with van der Waals surface area (Å²) in [4.78, 5) is 19.6. The molecule has 0 spiro atoms. The van der Waals surface area contributed by atoms with E-state index in [9.17, 15) is 23.1 Å². The van der Waals surface area contributed by atoms with Gasteiger partial charge in [-0.2, -0.15) is 13.2 Å². The van der Waals surface area contributed by atoms with Gasteiger partial charge < -0.3 is 10.1 Å². The third-order valence-electron chi connectivity index (χ3n) is 3.50. The fourth-order valence-corrected chi connectivity index (χ4v) is 2.17. The van der Waals surface area contributed by atoms with Crippen molar-refractivity contribution in [2.45, 2.75) is 39.0 Å². The number of halogens is 3. The molecular formula is C16H18F3N3O2. The number of carboxylic acid groups (broad SMARTS) is 1. The van der Waals surface area contributed by atoms with E-state index in [1.54, 1.807) is 20.8 Å². The molecule has 0 fully saturated rings. The van der Waals surface area contributed by atoms with Crippen molar-refractivity contribution in [2.24, 2.45) is 0 Å². The molecule has 0 bridgehead atoms. The molecule has 24 heavy (non-hydrogen) atoms. The number of nitrogens with one attached hydrogen (secondary N) is 1. The normalized spacial score (nSPS) is 12.2. The molecule has 0 saturated heterocycles. The smallest absolute Gasteiger partial charge is 0.416 e. The first-order valence-electron chi connectivity index (χ1n) is 7.20. The van der Waals surface area contributed by atoms with Gasteiger partial charge in [-0.25, -0.2) is 9.78 Å². The molecule has 8 heteroatoms. The maximum atomic E-state index is 12.6. The van der Waals surface area contributed by atoms with Crippen LogP contribution in [0.4, 0.5) is 18.0 Å². The molecule has 2 N–H and O–H groups in total. The van der Waals surface area contributed by atoms with Crippen LogP contribution in [-0.2, 0) is 12.7 Å². The van der Waals surface area contributed by atoms with Crippen LogP contribution in [0.1, 0.15) is 32.2 Å². The molecule has 1 aromatic carbocycles. The number of rotatable bonds is 3. The SMILES string of the molecule is CC(C)(C)N(Cc1ncc(-c2ccc(C(F)(F)F)cc2)[nH]1)C(=O)O. The van der Waals surface area contributed by atoms with E-state index in [0.29, 0.717) is 17.1 Å². The quantitative estimate of drug-likeness (QED) is 0.871. The largest absolute Gasteiger partial charge is 0.465 e. The highest BCUT2D eigenvalue weighted by Crippen LogP contribution is 2.30. The molecule has 2 aromatic rings. The molecule has 0 aliphatic carbocycles. The van der Waals surface area contributed by atoms with Gasteiger partial charge in [0.2, 0.25) is 0 Å². The maximum absolute atomic E-state index is 12.6. The molecular weight excluding hydrogens is 323 g/mol. The predicted molar refractivity (Wildman–Crippen MR) is 82.3 cm³/mol. The number of nitrogens with zero attached hydrogens (tertiary/aromatic N) is 2. The van der Waals surface area contributed by atoms with Gasteiger partial charge in [-0.05, 0) is 38.5 Å². The standard InChI is InChI=1S/C16H18F3N3O2/c1-15(2,3)22(14(23)24)9-13-20-8-12(21-13)10-4-6-11(7-5-10)16(17,18)19/h4-8H,9H2,1-3H3,(H,20,21)(H,23,24). The molecule has 1 amide bonds. The van der Waals surface area contributed by atoms with Gasteiger partial charge in [0.05, 0.1) is 24.0 Å². The summed E-state index contributed by atoms with van der Waals surface area (Å²) in [6, 6.07) is 4.68. The number of aromatic nitrogens is 2. The summed E-state index contributed by atoms with van der Waals surface area (Å²) in [7, 11) is 0. The van der Waals surface area contributed by atoms with E-state index in [4.69, 9.17) is 0 Å². The Morgan fingerprint density at radius 3 is 2.25 bits per heavy atom. The van der Waals surface area contributed by atoms with Crippen LogP contribution in [0, 0.1) is 0 Å². The number of imidazole rings is 1. The Hall–Kier alpha value is -2.51. The number of H-pyrrole nitrogens is 1. The molecule has 1 heterocycles. The minimum atomic E-state index is -4.38. The molecule has 1 aromatic heterocycles. The maximum Gasteiger partial charge on any atom is 0.416 e. The van der Waals surface area contributed by atoms with Crippen molar-refractivity contribution in [3.05, 3.63) is 41.9 Å². The first-order valence-corrected chi connectivity index (χ1v) is 7.20. The van der Waals surface area contributed by atoms with E-state index in [1.165, 1.54) is 23.2 Å². The summed E-state index contributed by atoms with van der Waals surface area (Å²) < 4.78 is 37.7. The topological polar surface area (TPSA) is 69.2 Å². The Morgan fingerprint density at radius 1 is 1.21 bits per heavy atom. The summed E-state index contributed by atoms with van der Waals surface area (Å²) in [5.74, 6) is 0.419. The Labute approximate surface area is 137 Å². The number of hydrogen-bond acceptors (Lipinski definition) is 2. The third-order valence-corrected chi connectivity index (χ3v) is 3.50. The van der Waals surface area contributed by atoms with Crippen molar-refractivity contribution < 1.29 is 23.1 Å². The molecule has 0 radical (unpaired) electrons. The Bertz CT molecular complexity index is 715. The van der Waals surface area contributed by atoms with Gasteiger partial charge in [-0.15, -0.1) is 0 Å². The van der Waals surface area contributed by atoms with E-state index in [0.717, 1.165) is 12.1 Å². The summed E-state index contributed by atoms with van der Waals surface area (Å²) in [6.45, 7) is 5.35. The lowest BCUT2D eigenvalue weighted by molar-refractivity contribution is -0.137. The number of benzene rings is 1. The number of carbonyl (C=O) groups is 1. The van der Waals surface area contributed by atoms with E-state index < -0.39 is 23.4 Å². The second kappa shape index (κ2) is 6.18. The van der Waals surface area contributed by atoms with Crippen LogP contribution in [-0.4, -0.2) is 31.6 Å². The molecule has 0 unspecified atom stereocenters. The number of amides is 1. The highest BCUT2D eigenvalue weighted by Gasteiger charge is 2.30. The van der Waals surface area contributed by atoms with E-state index in [1.807, 2.05) is 0 Å². The van der Waals surface area contributed by atoms with E-state index in [-0.39, 0.29) is 6.54 Å². The van der Waals surface area contributed by atoms with Gasteiger partial charge in [0.25, 0.3) is 0 Å². The zero-order valence-electron chi connectivity index (χ0n) is 13.5. The summed E-state index contributed by atoms with van der Waals surface area (Å²) in [5.41, 5.74) is -0.263.